The minimum Gasteiger partial charge on any atom is -0.393 e. The average molecular weight is 253 g/mol. The Bertz CT molecular complexity index is 371. The Hall–Kier alpha value is -1.20. The molecule has 0 unspecified atom stereocenters. The van der Waals surface area contributed by atoms with Gasteiger partial charge in [-0.3, -0.25) is 0 Å². The van der Waals surface area contributed by atoms with Crippen molar-refractivity contribution in [2.24, 2.45) is 5.73 Å². The van der Waals surface area contributed by atoms with E-state index in [1.807, 2.05) is 19.2 Å². The number of hydrogen-bond donors (Lipinski definition) is 1. The van der Waals surface area contributed by atoms with Gasteiger partial charge >= 0.3 is 0 Å². The largest absolute Gasteiger partial charge is 0.393 e. The minimum atomic E-state index is 0.528. The molecular weight excluding hydrogens is 234 g/mol. The van der Waals surface area contributed by atoms with Gasteiger partial charge in [0.2, 0.25) is 0 Å². The van der Waals surface area contributed by atoms with E-state index in [4.69, 9.17) is 22.7 Å². The van der Waals surface area contributed by atoms with Crippen LogP contribution in [0.25, 0.3) is 0 Å². The third-order valence-corrected chi connectivity index (χ3v) is 2.62. The Morgan fingerprint density at radius 2 is 2.29 bits per heavy atom. The van der Waals surface area contributed by atoms with E-state index in [0.717, 1.165) is 18.9 Å². The van der Waals surface area contributed by atoms with Gasteiger partial charge in [0.25, 0.3) is 0 Å². The molecule has 0 saturated carbocycles. The van der Waals surface area contributed by atoms with Gasteiger partial charge in [-0.05, 0) is 24.6 Å². The van der Waals surface area contributed by atoms with Gasteiger partial charge < -0.3 is 15.4 Å². The van der Waals surface area contributed by atoms with Crippen LogP contribution in [0.15, 0.2) is 18.3 Å². The number of hydrogen-bond acceptors (Lipinski definition) is 4. The predicted molar refractivity (Wildman–Crippen MR) is 74.5 cm³/mol. The first-order chi connectivity index (χ1) is 8.13. The van der Waals surface area contributed by atoms with Crippen molar-refractivity contribution < 1.29 is 4.74 Å². The zero-order valence-corrected chi connectivity index (χ0v) is 11.2. The Kier molecular flexibility index (Phi) is 5.86. The summed E-state index contributed by atoms with van der Waals surface area (Å²) in [4.78, 5) is 7.02. The lowest BCUT2D eigenvalue weighted by Crippen LogP contribution is -2.31. The van der Waals surface area contributed by atoms with Gasteiger partial charge in [-0.25, -0.2) is 4.98 Å². The number of nitrogens with two attached hydrogens (primary N) is 1. The SMILES string of the molecule is COCCN(CCC(N)=S)c1cc(C)ccn1. The highest BCUT2D eigenvalue weighted by atomic mass is 32.1. The average Bonchev–Trinajstić information content (AvgIpc) is 2.29. The van der Waals surface area contributed by atoms with Crippen LogP contribution in [0.4, 0.5) is 5.82 Å². The minimum absolute atomic E-state index is 0.528. The highest BCUT2D eigenvalue weighted by Crippen LogP contribution is 2.12. The van der Waals surface area contributed by atoms with Gasteiger partial charge in [-0.1, -0.05) is 12.2 Å². The summed E-state index contributed by atoms with van der Waals surface area (Å²) in [5.41, 5.74) is 6.72. The van der Waals surface area contributed by atoms with Gasteiger partial charge in [-0.15, -0.1) is 0 Å². The van der Waals surface area contributed by atoms with E-state index in [9.17, 15) is 0 Å². The number of anilines is 1. The summed E-state index contributed by atoms with van der Waals surface area (Å²) in [5, 5.41) is 0. The van der Waals surface area contributed by atoms with E-state index >= 15 is 0 Å². The fourth-order valence-corrected chi connectivity index (χ4v) is 1.57. The summed E-state index contributed by atoms with van der Waals surface area (Å²) < 4.78 is 5.10. The van der Waals surface area contributed by atoms with Gasteiger partial charge in [-0.2, -0.15) is 0 Å². The molecule has 1 aromatic heterocycles. The second kappa shape index (κ2) is 7.19. The number of ether oxygens (including phenoxy) is 1. The van der Waals surface area contributed by atoms with E-state index in [0.29, 0.717) is 18.0 Å². The van der Waals surface area contributed by atoms with Crippen LogP contribution in [0.2, 0.25) is 0 Å². The molecule has 0 atom stereocenters. The Balaban J connectivity index is 2.70. The second-order valence-corrected chi connectivity index (χ2v) is 4.41. The summed E-state index contributed by atoms with van der Waals surface area (Å²) in [7, 11) is 1.69. The quantitative estimate of drug-likeness (QED) is 0.747. The zero-order valence-electron chi connectivity index (χ0n) is 10.3. The van der Waals surface area contributed by atoms with Crippen LogP contribution >= 0.6 is 12.2 Å². The number of rotatable bonds is 7. The van der Waals surface area contributed by atoms with Crippen LogP contribution in [0.5, 0.6) is 0 Å². The first-order valence-corrected chi connectivity index (χ1v) is 5.99. The molecule has 5 heteroatoms. The fraction of sp³-hybridized carbons (Fsp3) is 0.500. The van der Waals surface area contributed by atoms with Crippen molar-refractivity contribution in [1.82, 2.24) is 4.98 Å². The molecule has 0 fully saturated rings. The van der Waals surface area contributed by atoms with E-state index in [1.165, 1.54) is 5.56 Å². The monoisotopic (exact) mass is 253 g/mol. The molecule has 2 N–H and O–H groups in total. The molecule has 0 saturated heterocycles. The van der Waals surface area contributed by atoms with Crippen molar-refractivity contribution in [2.45, 2.75) is 13.3 Å². The fourth-order valence-electron chi connectivity index (χ4n) is 1.48. The molecule has 0 amide bonds. The molecule has 0 aromatic carbocycles. The first kappa shape index (κ1) is 13.9. The molecule has 0 spiro atoms. The molecule has 0 aliphatic heterocycles. The van der Waals surface area contributed by atoms with Gasteiger partial charge in [0.1, 0.15) is 5.82 Å². The predicted octanol–water partition coefficient (Wildman–Crippen LogP) is 1.52. The van der Waals surface area contributed by atoms with Crippen molar-refractivity contribution in [3.05, 3.63) is 23.9 Å². The molecule has 0 bridgehead atoms. The number of pyridine rings is 1. The number of nitrogens with zero attached hydrogens (tertiary/aromatic N) is 2. The molecule has 1 heterocycles. The Labute approximate surface area is 108 Å². The molecule has 1 aromatic rings. The van der Waals surface area contributed by atoms with Crippen LogP contribution in [0.1, 0.15) is 12.0 Å². The molecule has 94 valence electrons. The zero-order chi connectivity index (χ0) is 12.7. The lowest BCUT2D eigenvalue weighted by atomic mass is 10.2. The van der Waals surface area contributed by atoms with E-state index in [2.05, 4.69) is 16.0 Å². The van der Waals surface area contributed by atoms with Gasteiger partial charge in [0.05, 0.1) is 11.6 Å². The van der Waals surface area contributed by atoms with E-state index in [1.54, 1.807) is 7.11 Å². The van der Waals surface area contributed by atoms with Crippen LogP contribution in [-0.4, -0.2) is 36.8 Å². The normalized spacial score (nSPS) is 10.2. The van der Waals surface area contributed by atoms with Gasteiger partial charge in [0, 0.05) is 32.8 Å². The number of aromatic nitrogens is 1. The van der Waals surface area contributed by atoms with Crippen molar-refractivity contribution >= 4 is 23.0 Å². The molecular formula is C12H19N3OS. The molecule has 4 nitrogen and oxygen atoms in total. The summed E-state index contributed by atoms with van der Waals surface area (Å²) in [6.07, 6.45) is 2.50. The molecule has 17 heavy (non-hydrogen) atoms. The Morgan fingerprint density at radius 3 is 2.88 bits per heavy atom. The number of thiocarbonyl (C=S) groups is 1. The maximum absolute atomic E-state index is 5.53. The van der Waals surface area contributed by atoms with Crippen molar-refractivity contribution in [3.8, 4) is 0 Å². The van der Waals surface area contributed by atoms with Crippen LogP contribution < -0.4 is 10.6 Å². The highest BCUT2D eigenvalue weighted by Gasteiger charge is 2.08. The lowest BCUT2D eigenvalue weighted by Gasteiger charge is -2.23. The molecule has 0 aliphatic carbocycles. The number of methoxy groups -OCH3 is 1. The summed E-state index contributed by atoms with van der Waals surface area (Å²) in [5.74, 6) is 0.943. The lowest BCUT2D eigenvalue weighted by molar-refractivity contribution is 0.205. The first-order valence-electron chi connectivity index (χ1n) is 5.58. The summed E-state index contributed by atoms with van der Waals surface area (Å²) >= 11 is 4.90. The smallest absolute Gasteiger partial charge is 0.128 e. The van der Waals surface area contributed by atoms with Crippen molar-refractivity contribution in [1.29, 1.82) is 0 Å². The molecule has 1 rings (SSSR count). The van der Waals surface area contributed by atoms with E-state index in [-0.39, 0.29) is 0 Å². The van der Waals surface area contributed by atoms with Crippen LogP contribution in [-0.2, 0) is 4.74 Å². The van der Waals surface area contributed by atoms with Gasteiger partial charge in [0.15, 0.2) is 0 Å². The standard InChI is InChI=1S/C12H19N3OS/c1-10-3-5-14-12(9-10)15(7-8-16-2)6-4-11(13)17/h3,5,9H,4,6-8H2,1-2H3,(H2,13,17). The van der Waals surface area contributed by atoms with Crippen LogP contribution in [0, 0.1) is 6.92 Å². The van der Waals surface area contributed by atoms with E-state index < -0.39 is 0 Å². The molecule has 0 aliphatic rings. The third-order valence-electron chi connectivity index (χ3n) is 2.42. The second-order valence-electron chi connectivity index (χ2n) is 3.89. The van der Waals surface area contributed by atoms with Crippen molar-refractivity contribution in [2.75, 3.05) is 31.7 Å². The topological polar surface area (TPSA) is 51.4 Å². The highest BCUT2D eigenvalue weighted by molar-refractivity contribution is 7.80. The summed E-state index contributed by atoms with van der Waals surface area (Å²) in [6.45, 7) is 4.27. The summed E-state index contributed by atoms with van der Waals surface area (Å²) in [6, 6.07) is 4.03. The number of aryl methyl sites for hydroxylation is 1. The van der Waals surface area contributed by atoms with Crippen molar-refractivity contribution in [3.63, 3.8) is 0 Å². The van der Waals surface area contributed by atoms with Crippen LogP contribution in [0.3, 0.4) is 0 Å². The third kappa shape index (κ3) is 5.10. The molecule has 0 radical (unpaired) electrons. The maximum Gasteiger partial charge on any atom is 0.128 e. The Morgan fingerprint density at radius 1 is 1.53 bits per heavy atom. The maximum atomic E-state index is 5.53.